The third kappa shape index (κ3) is 32.0. The van der Waals surface area contributed by atoms with Crippen LogP contribution in [0.25, 0.3) is 0 Å². The van der Waals surface area contributed by atoms with Crippen molar-refractivity contribution in [1.29, 1.82) is 5.26 Å². The number of benzene rings is 6. The summed E-state index contributed by atoms with van der Waals surface area (Å²) in [4.78, 5) is 10.2. The van der Waals surface area contributed by atoms with Gasteiger partial charge in [-0.1, -0.05) is 93.5 Å². The van der Waals surface area contributed by atoms with Gasteiger partial charge in [0.1, 0.15) is 53.8 Å². The quantitative estimate of drug-likeness (QED) is 0.0303. The average molecular weight is 1620 g/mol. The summed E-state index contributed by atoms with van der Waals surface area (Å²) in [7, 11) is 10.2. The predicted octanol–water partition coefficient (Wildman–Crippen LogP) is 5.42. The van der Waals surface area contributed by atoms with Gasteiger partial charge >= 0.3 is 23.1 Å². The first-order valence-corrected chi connectivity index (χ1v) is 36.0. The molecule has 0 bridgehead atoms. The van der Waals surface area contributed by atoms with E-state index in [2.05, 4.69) is 144 Å². The van der Waals surface area contributed by atoms with E-state index in [1.165, 1.54) is 5.56 Å². The summed E-state index contributed by atoms with van der Waals surface area (Å²) >= 11 is 16.2. The first-order chi connectivity index (χ1) is 38.1. The van der Waals surface area contributed by atoms with Crippen LogP contribution in [-0.4, -0.2) is 145 Å². The monoisotopic (exact) mass is 1610 g/mol. The van der Waals surface area contributed by atoms with Gasteiger partial charge in [0.25, 0.3) is 0 Å². The number of aromatic hydroxyl groups is 4. The van der Waals surface area contributed by atoms with Crippen LogP contribution in [0.1, 0.15) is 38.2 Å². The van der Waals surface area contributed by atoms with Gasteiger partial charge in [0.05, 0.1) is 53.3 Å². The Hall–Kier alpha value is -0.714. The van der Waals surface area contributed by atoms with E-state index in [-0.39, 0.29) is 90.7 Å². The molecule has 0 aromatic heterocycles. The molecule has 0 aliphatic carbocycles. The van der Waals surface area contributed by atoms with E-state index in [1.54, 1.807) is 54.6 Å². The molecule has 2 aliphatic heterocycles. The minimum Gasteiger partial charge on any atom is -1.00 e. The fourth-order valence-corrected chi connectivity index (χ4v) is 11.8. The van der Waals surface area contributed by atoms with E-state index in [4.69, 9.17) is 46.0 Å². The molecule has 6 atom stereocenters. The van der Waals surface area contributed by atoms with Gasteiger partial charge in [0, 0.05) is 81.2 Å². The molecule has 6 aromatic carbocycles. The van der Waals surface area contributed by atoms with Crippen LogP contribution >= 0.6 is 132 Å². The van der Waals surface area contributed by atoms with Gasteiger partial charge in [0.15, 0.2) is 6.29 Å². The molecule has 8 rings (SSSR count). The predicted molar refractivity (Wildman–Crippen MR) is 358 cm³/mol. The fraction of sp³-hybridized carbons (Fsp3) is 0.269. The molecule has 446 valence electrons. The van der Waals surface area contributed by atoms with Crippen molar-refractivity contribution < 1.29 is 74.8 Å². The van der Waals surface area contributed by atoms with Crippen LogP contribution in [0.2, 0.25) is 0 Å². The summed E-state index contributed by atoms with van der Waals surface area (Å²) in [5.74, 6) is 2.60. The van der Waals surface area contributed by atoms with E-state index in [9.17, 15) is 15.0 Å². The van der Waals surface area contributed by atoms with Crippen molar-refractivity contribution in [3.63, 3.8) is 0 Å². The van der Waals surface area contributed by atoms with Gasteiger partial charge in [0.2, 0.25) is 0 Å². The Morgan fingerprint density at radius 1 is 0.646 bits per heavy atom. The van der Waals surface area contributed by atoms with Crippen molar-refractivity contribution in [2.45, 2.75) is 26.2 Å². The van der Waals surface area contributed by atoms with Crippen molar-refractivity contribution >= 4 is 161 Å². The van der Waals surface area contributed by atoms with Gasteiger partial charge in [-0.3, -0.25) is 18.8 Å². The van der Waals surface area contributed by atoms with Crippen molar-refractivity contribution in [2.75, 3.05) is 65.8 Å². The molecule has 30 heteroatoms. The number of phenolic OH excluding ortho intramolecular Hbond substituents is 4. The molecule has 0 spiro atoms. The number of aliphatic hydroxyl groups excluding tert-OH is 3. The summed E-state index contributed by atoms with van der Waals surface area (Å²) in [5.41, 5.74) is 9.79. The van der Waals surface area contributed by atoms with Gasteiger partial charge in [-0.25, -0.2) is 0 Å². The summed E-state index contributed by atoms with van der Waals surface area (Å²) in [6.45, 7) is 8.28. The smallest absolute Gasteiger partial charge is 1.00 e. The topological polar surface area (TPSA) is 249 Å². The molecule has 10 N–H and O–H groups in total. The van der Waals surface area contributed by atoms with Gasteiger partial charge in [-0.15, -0.1) is 0 Å². The van der Waals surface area contributed by atoms with Crippen molar-refractivity contribution in [1.82, 2.24) is 19.3 Å². The van der Waals surface area contributed by atoms with Gasteiger partial charge < -0.3 is 81.1 Å². The van der Waals surface area contributed by atoms with Crippen LogP contribution in [-0.2, 0) is 26.2 Å². The second-order valence-corrected chi connectivity index (χ2v) is 25.1. The maximum atomic E-state index is 10.2. The number of halogens is 7. The zero-order chi connectivity index (χ0) is 58.5. The zero-order valence-electron chi connectivity index (χ0n) is 44.3. The van der Waals surface area contributed by atoms with Gasteiger partial charge in [-0.2, -0.15) is 5.26 Å². The second-order valence-electron chi connectivity index (χ2n) is 15.9. The molecule has 0 saturated carbocycles. The number of hydrogen-bond acceptors (Lipinski definition) is 16. The summed E-state index contributed by atoms with van der Waals surface area (Å²) in [5, 5.41) is 74.4. The number of aliphatic hydroxyl groups is 3. The average Bonchev–Trinajstić information content (AvgIpc) is 3.83. The largest absolute Gasteiger partial charge is 2.00 e. The molecule has 0 radical (unpaired) electrons. The molecule has 2 aliphatic rings. The number of para-hydroxylation sites is 6. The third-order valence-electron chi connectivity index (χ3n) is 10.4. The molecular formula is C52H67Br5Cl2MgN6O10P6. The SMILES string of the molecule is N#Cc1cccc2c1OCCN(PP)C2.NCCO.O=Cc1cccc(Br)c1O.OCCN(Cc1cccc(Br)c1O)PP.OCCNCc1cccc(Br)c1O.Oc1ccccc1Br.PPN1CCOc2c(Br)cccc2C1.[Cl-].[Cl-].[Mg+2]. The summed E-state index contributed by atoms with van der Waals surface area (Å²) in [6, 6.07) is 37.1. The standard InChI is InChI=1S/C10H12N2OP2.C9H14BrNO2P2.C9H12BrNO2.C9H12BrNOP2.C7H5BrO2.C6H5BrO.C2H7NO.2ClH.Mg/c11-6-8-2-1-3-9-7-12(15-14)4-5-13-10(8)9;10-8-3-1-2-7(9(8)13)6-11(15-14)4-5-12;10-8-3-1-2-7(9(8)13)6-11-4-5-12;10-8-3-1-2-7-6-11(14-13)4-5-12-9(7)8;8-6-3-1-2-5(4-9)7(6)10;7-5-3-1-2-4-6(5)8;3-1-2-4;;;/h1-3,15H,4-5,7,14H2;1-3,12-13,15H,4-6,14H2;1-3,11-13H,4-6H2;1-3,14H,4-6,13H2;1-4,10H;1-4,8H;4H,1-3H2;2*1H;/q;;;;;;;;;+2/p-2. The molecular weight excluding hydrogens is 1550 g/mol. The van der Waals surface area contributed by atoms with Crippen molar-refractivity contribution in [2.24, 2.45) is 5.73 Å². The molecule has 2 heterocycles. The fourth-order valence-electron chi connectivity index (χ4n) is 6.40. The summed E-state index contributed by atoms with van der Waals surface area (Å²) in [6.07, 6.45) is 0.611. The van der Waals surface area contributed by atoms with Crippen molar-refractivity contribution in [3.8, 4) is 40.6 Å². The Labute approximate surface area is 564 Å². The number of ether oxygens (including phenoxy) is 2. The number of nitrogens with zero attached hydrogens (tertiary/aromatic N) is 4. The van der Waals surface area contributed by atoms with Gasteiger partial charge in [-0.05, 0) is 153 Å². The summed E-state index contributed by atoms with van der Waals surface area (Å²) < 4.78 is 21.8. The maximum absolute atomic E-state index is 10.2. The minimum absolute atomic E-state index is 0. The second kappa shape index (κ2) is 50.2. The number of nitrogens with one attached hydrogen (secondary N) is 1. The van der Waals surface area contributed by atoms with Crippen LogP contribution in [0.15, 0.2) is 138 Å². The van der Waals surface area contributed by atoms with E-state index in [1.807, 2.05) is 48.5 Å². The van der Waals surface area contributed by atoms with Crippen LogP contribution < -0.4 is 45.3 Å². The number of carbonyl (C=O) groups excluding carboxylic acids is 1. The Bertz CT molecular complexity index is 2770. The third-order valence-corrected chi connectivity index (χ3v) is 19.1. The van der Waals surface area contributed by atoms with E-state index >= 15 is 0 Å². The molecule has 6 aromatic rings. The number of phenols is 4. The molecule has 0 saturated heterocycles. The number of fused-ring (bicyclic) bond motifs is 2. The molecule has 16 nitrogen and oxygen atoms in total. The Balaban J connectivity index is 0. The number of rotatable bonds is 13. The first-order valence-electron chi connectivity index (χ1n) is 23.8. The number of carbonyl (C=O) groups is 1. The Morgan fingerprint density at radius 2 is 1.12 bits per heavy atom. The van der Waals surface area contributed by atoms with Crippen LogP contribution in [0, 0.1) is 11.3 Å². The minimum atomic E-state index is -0.00231. The Kier molecular flexibility index (Phi) is 51.0. The van der Waals surface area contributed by atoms with E-state index in [0.29, 0.717) is 87.0 Å². The normalized spacial score (nSPS) is 12.3. The zero-order valence-corrected chi connectivity index (χ0v) is 61.6. The molecule has 0 fully saturated rings. The maximum Gasteiger partial charge on any atom is 2.00 e. The number of hydrogen-bond donors (Lipinski definition) is 9. The van der Waals surface area contributed by atoms with Crippen molar-refractivity contribution in [3.05, 3.63) is 171 Å². The van der Waals surface area contributed by atoms with Crippen LogP contribution in [0.5, 0.6) is 34.5 Å². The van der Waals surface area contributed by atoms with Crippen LogP contribution in [0.4, 0.5) is 0 Å². The molecule has 6 unspecified atom stereocenters. The van der Waals surface area contributed by atoms with Crippen LogP contribution in [0.3, 0.4) is 0 Å². The molecule has 0 amide bonds. The number of aldehydes is 1. The Morgan fingerprint density at radius 3 is 1.60 bits per heavy atom. The van der Waals surface area contributed by atoms with E-state index in [0.717, 1.165) is 78.3 Å². The number of nitriles is 1. The van der Waals surface area contributed by atoms with E-state index < -0.39 is 0 Å². The first kappa shape index (κ1) is 83.3. The molecule has 82 heavy (non-hydrogen) atoms. The number of nitrogens with two attached hydrogens (primary N) is 1.